The van der Waals surface area contributed by atoms with E-state index < -0.39 is 11.9 Å². The van der Waals surface area contributed by atoms with Gasteiger partial charge in [0, 0.05) is 0 Å². The number of carbonyl (C=O) groups excluding carboxylic acids is 1. The number of hydrogen-bond acceptors (Lipinski definition) is 3. The molecule has 0 aromatic heterocycles. The Balaban J connectivity index is 0. The minimum absolute atomic E-state index is 0.173. The second-order valence-electron chi connectivity index (χ2n) is 4.50. The lowest BCUT2D eigenvalue weighted by Gasteiger charge is -1.97. The molecule has 4 N–H and O–H groups in total. The first kappa shape index (κ1) is 20.2. The maximum atomic E-state index is 10.2. The molecule has 114 valence electrons. The highest BCUT2D eigenvalue weighted by atomic mass is 16.4. The van der Waals surface area contributed by atoms with Crippen LogP contribution < -0.4 is 11.1 Å². The van der Waals surface area contributed by atoms with E-state index in [0.29, 0.717) is 0 Å². The molecule has 19 heavy (non-hydrogen) atoms. The summed E-state index contributed by atoms with van der Waals surface area (Å²) in [4.78, 5) is 20.0. The van der Waals surface area contributed by atoms with Gasteiger partial charge in [0.15, 0.2) is 0 Å². The zero-order chi connectivity index (χ0) is 14.9. The average molecular weight is 274 g/mol. The lowest BCUT2D eigenvalue weighted by molar-refractivity contribution is -0.137. The first-order valence-electron chi connectivity index (χ1n) is 7.26. The van der Waals surface area contributed by atoms with Gasteiger partial charge in [-0.05, 0) is 0 Å². The van der Waals surface area contributed by atoms with Crippen LogP contribution in [-0.4, -0.2) is 30.1 Å². The van der Waals surface area contributed by atoms with Crippen molar-refractivity contribution in [1.82, 2.24) is 5.32 Å². The van der Waals surface area contributed by atoms with Crippen LogP contribution in [0.1, 0.15) is 65.2 Å². The molecular formula is C14H30N2O3. The van der Waals surface area contributed by atoms with Crippen molar-refractivity contribution in [3.05, 3.63) is 0 Å². The predicted octanol–water partition coefficient (Wildman–Crippen LogP) is 2.29. The molecule has 0 aliphatic carbocycles. The lowest BCUT2D eigenvalue weighted by atomic mass is 10.1. The van der Waals surface area contributed by atoms with E-state index in [1.807, 2.05) is 0 Å². The van der Waals surface area contributed by atoms with Gasteiger partial charge in [0.05, 0.1) is 6.54 Å². The highest BCUT2D eigenvalue weighted by Crippen LogP contribution is 2.07. The van der Waals surface area contributed by atoms with E-state index in [2.05, 4.69) is 19.2 Å². The molecule has 0 rings (SSSR count). The lowest BCUT2D eigenvalue weighted by Crippen LogP contribution is -2.34. The Morgan fingerprint density at radius 2 is 1.37 bits per heavy atom. The molecule has 0 saturated heterocycles. The summed E-state index contributed by atoms with van der Waals surface area (Å²) < 4.78 is 0. The van der Waals surface area contributed by atoms with E-state index in [-0.39, 0.29) is 13.1 Å². The molecule has 0 aromatic rings. The van der Waals surface area contributed by atoms with Crippen molar-refractivity contribution in [2.24, 2.45) is 5.73 Å². The Labute approximate surface area is 116 Å². The number of hydrogen-bond donors (Lipinski definition) is 3. The average Bonchev–Trinajstić information content (AvgIpc) is 2.40. The monoisotopic (exact) mass is 274 g/mol. The first-order chi connectivity index (χ1) is 9.08. The summed E-state index contributed by atoms with van der Waals surface area (Å²) in [7, 11) is 0. The van der Waals surface area contributed by atoms with Crippen molar-refractivity contribution in [3.8, 4) is 0 Å². The Bertz CT molecular complexity index is 213. The second kappa shape index (κ2) is 16.9. The van der Waals surface area contributed by atoms with Crippen LogP contribution in [0.15, 0.2) is 0 Å². The smallest absolute Gasteiger partial charge is 0.322 e. The van der Waals surface area contributed by atoms with Crippen LogP contribution in [-0.2, 0) is 9.59 Å². The van der Waals surface area contributed by atoms with Crippen molar-refractivity contribution in [3.63, 3.8) is 0 Å². The van der Waals surface area contributed by atoms with Gasteiger partial charge in [-0.1, -0.05) is 65.2 Å². The summed E-state index contributed by atoms with van der Waals surface area (Å²) in [5, 5.41) is 10.1. The maximum Gasteiger partial charge on any atom is 0.322 e. The van der Waals surface area contributed by atoms with Gasteiger partial charge in [-0.2, -0.15) is 0 Å². The Kier molecular flexibility index (Phi) is 18.0. The van der Waals surface area contributed by atoms with Crippen LogP contribution in [0.3, 0.4) is 0 Å². The Hall–Kier alpha value is -1.10. The van der Waals surface area contributed by atoms with E-state index >= 15 is 0 Å². The zero-order valence-electron chi connectivity index (χ0n) is 12.4. The molecule has 0 saturated carbocycles. The number of rotatable bonds is 10. The van der Waals surface area contributed by atoms with Gasteiger partial charge >= 0.3 is 5.97 Å². The van der Waals surface area contributed by atoms with E-state index in [4.69, 9.17) is 10.8 Å². The van der Waals surface area contributed by atoms with Crippen LogP contribution in [0.4, 0.5) is 0 Å². The summed E-state index contributed by atoms with van der Waals surface area (Å²) >= 11 is 0. The molecule has 0 bridgehead atoms. The highest BCUT2D eigenvalue weighted by Gasteiger charge is 1.98. The molecule has 0 aliphatic rings. The van der Waals surface area contributed by atoms with Crippen LogP contribution >= 0.6 is 0 Å². The molecule has 5 nitrogen and oxygen atoms in total. The third-order valence-corrected chi connectivity index (χ3v) is 2.58. The molecule has 0 atom stereocenters. The van der Waals surface area contributed by atoms with E-state index in [9.17, 15) is 9.59 Å². The number of carboxylic acid groups (broad SMARTS) is 1. The number of aliphatic carboxylic acids is 1. The van der Waals surface area contributed by atoms with Crippen molar-refractivity contribution in [2.45, 2.75) is 65.2 Å². The molecular weight excluding hydrogens is 244 g/mol. The Morgan fingerprint density at radius 3 is 1.68 bits per heavy atom. The molecule has 0 fully saturated rings. The fourth-order valence-electron chi connectivity index (χ4n) is 1.45. The molecule has 0 aliphatic heterocycles. The largest absolute Gasteiger partial charge is 0.480 e. The zero-order valence-corrected chi connectivity index (χ0v) is 12.4. The number of nitrogens with one attached hydrogen (secondary N) is 1. The number of nitrogens with two attached hydrogens (primary N) is 1. The topological polar surface area (TPSA) is 92.4 Å². The summed E-state index contributed by atoms with van der Waals surface area (Å²) in [6.07, 6.45) is 11.5. The fourth-order valence-corrected chi connectivity index (χ4v) is 1.45. The molecule has 0 radical (unpaired) electrons. The summed E-state index contributed by atoms with van der Waals surface area (Å²) in [6, 6.07) is 0. The van der Waals surface area contributed by atoms with Crippen molar-refractivity contribution < 1.29 is 14.7 Å². The quantitative estimate of drug-likeness (QED) is 0.533. The third kappa shape index (κ3) is 22.5. The number of amides is 1. The van der Waals surface area contributed by atoms with Gasteiger partial charge in [-0.15, -0.1) is 0 Å². The molecule has 1 amide bonds. The van der Waals surface area contributed by atoms with Gasteiger partial charge in [0.2, 0.25) is 5.91 Å². The first-order valence-corrected chi connectivity index (χ1v) is 7.26. The van der Waals surface area contributed by atoms with Gasteiger partial charge in [-0.25, -0.2) is 0 Å². The van der Waals surface area contributed by atoms with Crippen molar-refractivity contribution >= 4 is 11.9 Å². The van der Waals surface area contributed by atoms with Gasteiger partial charge in [0.25, 0.3) is 0 Å². The normalized spacial score (nSPS) is 9.42. The number of carbonyl (C=O) groups is 2. The molecule has 0 heterocycles. The Morgan fingerprint density at radius 1 is 0.947 bits per heavy atom. The van der Waals surface area contributed by atoms with Gasteiger partial charge in [0.1, 0.15) is 6.54 Å². The van der Waals surface area contributed by atoms with E-state index in [0.717, 1.165) is 0 Å². The van der Waals surface area contributed by atoms with E-state index in [1.54, 1.807) is 0 Å². The van der Waals surface area contributed by atoms with Crippen LogP contribution in [0.5, 0.6) is 0 Å². The van der Waals surface area contributed by atoms with Crippen LogP contribution in [0, 0.1) is 0 Å². The fraction of sp³-hybridized carbons (Fsp3) is 0.857. The number of unbranched alkanes of at least 4 members (excludes halogenated alkanes) is 7. The molecule has 0 spiro atoms. The maximum absolute atomic E-state index is 10.2. The SMILES string of the molecule is CCCCCCCCCC.NCC(=O)NCC(=O)O. The van der Waals surface area contributed by atoms with Crippen LogP contribution in [0.25, 0.3) is 0 Å². The van der Waals surface area contributed by atoms with Crippen molar-refractivity contribution in [1.29, 1.82) is 0 Å². The minimum atomic E-state index is -1.07. The molecule has 5 heteroatoms. The third-order valence-electron chi connectivity index (χ3n) is 2.58. The molecule has 0 unspecified atom stereocenters. The van der Waals surface area contributed by atoms with E-state index in [1.165, 1.54) is 51.4 Å². The molecule has 0 aromatic carbocycles. The van der Waals surface area contributed by atoms with Crippen molar-refractivity contribution in [2.75, 3.05) is 13.1 Å². The summed E-state index contributed by atoms with van der Waals surface area (Å²) in [5.74, 6) is -1.53. The summed E-state index contributed by atoms with van der Waals surface area (Å²) in [5.41, 5.74) is 4.85. The second-order valence-corrected chi connectivity index (χ2v) is 4.50. The van der Waals surface area contributed by atoms with Gasteiger partial charge < -0.3 is 16.2 Å². The predicted molar refractivity (Wildman–Crippen MR) is 78.0 cm³/mol. The standard InChI is InChI=1S/C10H22.C4H8N2O3/c1-3-5-7-9-10-8-6-4-2;5-1-3(7)6-2-4(8)9/h3-10H2,1-2H3;1-2,5H2,(H,6,7)(H,8,9). The number of carboxylic acids is 1. The van der Waals surface area contributed by atoms with Crippen LogP contribution in [0.2, 0.25) is 0 Å². The highest BCUT2D eigenvalue weighted by molar-refractivity contribution is 5.82. The van der Waals surface area contributed by atoms with Gasteiger partial charge in [-0.3, -0.25) is 9.59 Å². The minimum Gasteiger partial charge on any atom is -0.480 e. The summed E-state index contributed by atoms with van der Waals surface area (Å²) in [6.45, 7) is 4.00.